The van der Waals surface area contributed by atoms with Crippen molar-refractivity contribution in [3.05, 3.63) is 35.9 Å². The molecule has 2 N–H and O–H groups in total. The van der Waals surface area contributed by atoms with Crippen LogP contribution < -0.4 is 10.6 Å². The zero-order valence-corrected chi connectivity index (χ0v) is 17.9. The van der Waals surface area contributed by atoms with E-state index < -0.39 is 0 Å². The molecule has 24 heavy (non-hydrogen) atoms. The second-order valence-corrected chi connectivity index (χ2v) is 6.23. The molecule has 0 amide bonds. The van der Waals surface area contributed by atoms with Gasteiger partial charge in [-0.2, -0.15) is 0 Å². The van der Waals surface area contributed by atoms with Crippen LogP contribution in [0.2, 0.25) is 0 Å². The molecule has 0 aliphatic carbocycles. The van der Waals surface area contributed by atoms with E-state index in [0.29, 0.717) is 0 Å². The third-order valence-corrected chi connectivity index (χ3v) is 3.85. The fourth-order valence-electron chi connectivity index (χ4n) is 2.48. The lowest BCUT2D eigenvalue weighted by molar-refractivity contribution is 0.389. The molecule has 1 aromatic rings. The number of aliphatic imine (C=N–C) groups is 1. The zero-order valence-electron chi connectivity index (χ0n) is 15.6. The van der Waals surface area contributed by atoms with Crippen LogP contribution in [0, 0.1) is 0 Å². The van der Waals surface area contributed by atoms with Crippen molar-refractivity contribution < 1.29 is 0 Å². The summed E-state index contributed by atoms with van der Waals surface area (Å²) in [5.74, 6) is 0.911. The van der Waals surface area contributed by atoms with E-state index in [4.69, 9.17) is 0 Å². The highest BCUT2D eigenvalue weighted by atomic mass is 127. The van der Waals surface area contributed by atoms with Gasteiger partial charge in [0, 0.05) is 20.1 Å². The van der Waals surface area contributed by atoms with Crippen molar-refractivity contribution in [3.8, 4) is 0 Å². The van der Waals surface area contributed by atoms with Crippen molar-refractivity contribution in [1.82, 2.24) is 15.5 Å². The first-order valence-electron chi connectivity index (χ1n) is 8.85. The Hall–Kier alpha value is -0.820. The van der Waals surface area contributed by atoms with Gasteiger partial charge in [0.25, 0.3) is 0 Å². The first kappa shape index (κ1) is 23.2. The Bertz CT molecular complexity index is 421. The van der Waals surface area contributed by atoms with Crippen LogP contribution in [0.25, 0.3) is 0 Å². The zero-order chi connectivity index (χ0) is 16.8. The molecule has 0 heterocycles. The van der Waals surface area contributed by atoms with Crippen molar-refractivity contribution in [2.45, 2.75) is 38.5 Å². The number of hydrogen-bond acceptors (Lipinski definition) is 2. The fraction of sp³-hybridized carbons (Fsp3) is 0.632. The molecule has 0 aliphatic heterocycles. The van der Waals surface area contributed by atoms with Crippen LogP contribution in [0.1, 0.15) is 37.7 Å². The van der Waals surface area contributed by atoms with Gasteiger partial charge in [-0.3, -0.25) is 4.99 Å². The van der Waals surface area contributed by atoms with E-state index in [1.54, 1.807) is 0 Å². The number of rotatable bonds is 11. The van der Waals surface area contributed by atoms with E-state index in [0.717, 1.165) is 25.5 Å². The number of hydrogen-bond donors (Lipinski definition) is 2. The summed E-state index contributed by atoms with van der Waals surface area (Å²) in [6.07, 6.45) is 7.50. The minimum absolute atomic E-state index is 0. The average molecular weight is 446 g/mol. The highest BCUT2D eigenvalue weighted by Crippen LogP contribution is 2.02. The predicted molar refractivity (Wildman–Crippen MR) is 117 cm³/mol. The predicted octanol–water partition coefficient (Wildman–Crippen LogP) is 3.52. The van der Waals surface area contributed by atoms with Crippen molar-refractivity contribution in [2.75, 3.05) is 40.8 Å². The summed E-state index contributed by atoms with van der Waals surface area (Å²) in [6, 6.07) is 10.5. The van der Waals surface area contributed by atoms with Crippen molar-refractivity contribution >= 4 is 29.9 Å². The van der Waals surface area contributed by atoms with Crippen molar-refractivity contribution in [1.29, 1.82) is 0 Å². The summed E-state index contributed by atoms with van der Waals surface area (Å²) in [6.45, 7) is 3.11. The normalized spacial score (nSPS) is 11.2. The van der Waals surface area contributed by atoms with E-state index in [2.05, 4.69) is 65.0 Å². The number of guanidine groups is 1. The summed E-state index contributed by atoms with van der Waals surface area (Å²) in [7, 11) is 6.11. The van der Waals surface area contributed by atoms with Gasteiger partial charge in [-0.1, -0.05) is 49.6 Å². The monoisotopic (exact) mass is 446 g/mol. The van der Waals surface area contributed by atoms with Crippen LogP contribution in [-0.2, 0) is 6.42 Å². The molecular formula is C19H35IN4. The molecule has 0 bridgehead atoms. The number of unbranched alkanes of at least 4 members (excludes halogenated alkanes) is 4. The van der Waals surface area contributed by atoms with E-state index >= 15 is 0 Å². The van der Waals surface area contributed by atoms with Gasteiger partial charge < -0.3 is 15.5 Å². The molecule has 0 fully saturated rings. The quantitative estimate of drug-likeness (QED) is 0.237. The van der Waals surface area contributed by atoms with Gasteiger partial charge in [0.2, 0.25) is 0 Å². The Labute approximate surface area is 165 Å². The standard InChI is InChI=1S/C19H34N4.HI/c1-20-19(22-16-14-18-12-8-7-9-13-18)21-15-10-5-4-6-11-17-23(2)3;/h7-9,12-13H,4-6,10-11,14-17H2,1-3H3,(H2,20,21,22);1H. The number of halogens is 1. The molecule has 1 aromatic carbocycles. The van der Waals surface area contributed by atoms with Gasteiger partial charge in [-0.05, 0) is 45.5 Å². The summed E-state index contributed by atoms with van der Waals surface area (Å²) in [5.41, 5.74) is 1.35. The summed E-state index contributed by atoms with van der Waals surface area (Å²) in [5, 5.41) is 6.77. The summed E-state index contributed by atoms with van der Waals surface area (Å²) in [4.78, 5) is 6.53. The molecule has 0 saturated heterocycles. The van der Waals surface area contributed by atoms with Crippen LogP contribution in [-0.4, -0.2) is 51.6 Å². The topological polar surface area (TPSA) is 39.7 Å². The number of benzene rings is 1. The Morgan fingerprint density at radius 1 is 0.917 bits per heavy atom. The Morgan fingerprint density at radius 2 is 1.54 bits per heavy atom. The third kappa shape index (κ3) is 12.6. The summed E-state index contributed by atoms with van der Waals surface area (Å²) >= 11 is 0. The molecule has 0 saturated carbocycles. The second kappa shape index (κ2) is 15.7. The van der Waals surface area contributed by atoms with Crippen molar-refractivity contribution in [2.24, 2.45) is 4.99 Å². The number of nitrogens with zero attached hydrogens (tertiary/aromatic N) is 2. The SMILES string of the molecule is CN=C(NCCCCCCCN(C)C)NCCc1ccccc1.I. The van der Waals surface area contributed by atoms with Gasteiger partial charge in [0.15, 0.2) is 5.96 Å². The molecular weight excluding hydrogens is 411 g/mol. The van der Waals surface area contributed by atoms with Gasteiger partial charge in [-0.25, -0.2) is 0 Å². The molecule has 138 valence electrons. The van der Waals surface area contributed by atoms with Crippen LogP contribution in [0.5, 0.6) is 0 Å². The highest BCUT2D eigenvalue weighted by molar-refractivity contribution is 14.0. The highest BCUT2D eigenvalue weighted by Gasteiger charge is 1.98. The molecule has 0 unspecified atom stereocenters. The van der Waals surface area contributed by atoms with E-state index in [1.807, 2.05) is 7.05 Å². The second-order valence-electron chi connectivity index (χ2n) is 6.23. The molecule has 0 atom stereocenters. The molecule has 0 radical (unpaired) electrons. The largest absolute Gasteiger partial charge is 0.356 e. The maximum Gasteiger partial charge on any atom is 0.190 e. The molecule has 4 nitrogen and oxygen atoms in total. The maximum absolute atomic E-state index is 4.27. The van der Waals surface area contributed by atoms with E-state index in [1.165, 1.54) is 44.2 Å². The minimum Gasteiger partial charge on any atom is -0.356 e. The van der Waals surface area contributed by atoms with Gasteiger partial charge in [-0.15, -0.1) is 24.0 Å². The van der Waals surface area contributed by atoms with Crippen LogP contribution >= 0.6 is 24.0 Å². The fourth-order valence-corrected chi connectivity index (χ4v) is 2.48. The smallest absolute Gasteiger partial charge is 0.190 e. The minimum atomic E-state index is 0. The summed E-state index contributed by atoms with van der Waals surface area (Å²) < 4.78 is 0. The van der Waals surface area contributed by atoms with E-state index in [-0.39, 0.29) is 24.0 Å². The lowest BCUT2D eigenvalue weighted by Gasteiger charge is -2.12. The molecule has 1 rings (SSSR count). The van der Waals surface area contributed by atoms with Gasteiger partial charge in [0.1, 0.15) is 0 Å². The van der Waals surface area contributed by atoms with Crippen LogP contribution in [0.3, 0.4) is 0 Å². The lowest BCUT2D eigenvalue weighted by Crippen LogP contribution is -2.38. The van der Waals surface area contributed by atoms with Gasteiger partial charge in [0.05, 0.1) is 0 Å². The van der Waals surface area contributed by atoms with Crippen LogP contribution in [0.15, 0.2) is 35.3 Å². The first-order chi connectivity index (χ1) is 11.2. The average Bonchev–Trinajstić information content (AvgIpc) is 2.56. The lowest BCUT2D eigenvalue weighted by atomic mass is 10.1. The molecule has 0 aliphatic rings. The van der Waals surface area contributed by atoms with E-state index in [9.17, 15) is 0 Å². The third-order valence-electron chi connectivity index (χ3n) is 3.85. The molecule has 0 spiro atoms. The molecule has 5 heteroatoms. The Kier molecular flexibility index (Phi) is 15.2. The number of nitrogens with one attached hydrogen (secondary N) is 2. The first-order valence-corrected chi connectivity index (χ1v) is 8.85. The van der Waals surface area contributed by atoms with Crippen LogP contribution in [0.4, 0.5) is 0 Å². The molecule has 0 aromatic heterocycles. The Morgan fingerprint density at radius 3 is 2.21 bits per heavy atom. The van der Waals surface area contributed by atoms with Crippen molar-refractivity contribution in [3.63, 3.8) is 0 Å². The van der Waals surface area contributed by atoms with Gasteiger partial charge >= 0.3 is 0 Å². The maximum atomic E-state index is 4.27. The Balaban J connectivity index is 0.00000529.